The van der Waals surface area contributed by atoms with E-state index in [0.29, 0.717) is 47.3 Å². The zero-order valence-electron chi connectivity index (χ0n) is 17.8. The SMILES string of the molecule is Cc1ccc(C)c(S(=O)(=O)C2(C(=O)N(C)Cc3nc4ccsc4c(=O)[nH]3)CCCC2)c1. The van der Waals surface area contributed by atoms with Crippen molar-refractivity contribution in [1.82, 2.24) is 14.9 Å². The summed E-state index contributed by atoms with van der Waals surface area (Å²) in [7, 11) is -2.34. The molecule has 0 bridgehead atoms. The minimum absolute atomic E-state index is 0.0317. The van der Waals surface area contributed by atoms with Crippen LogP contribution in [-0.4, -0.2) is 41.0 Å². The average molecular weight is 460 g/mol. The van der Waals surface area contributed by atoms with Crippen LogP contribution in [0.25, 0.3) is 10.2 Å². The van der Waals surface area contributed by atoms with Gasteiger partial charge in [-0.3, -0.25) is 9.59 Å². The summed E-state index contributed by atoms with van der Waals surface area (Å²) in [5.41, 5.74) is 1.79. The van der Waals surface area contributed by atoms with Gasteiger partial charge in [-0.1, -0.05) is 25.0 Å². The Bertz CT molecular complexity index is 1320. The Morgan fingerprint density at radius 2 is 1.94 bits per heavy atom. The van der Waals surface area contributed by atoms with Gasteiger partial charge in [0.15, 0.2) is 14.6 Å². The zero-order chi connectivity index (χ0) is 22.4. The third kappa shape index (κ3) is 3.59. The molecular formula is C22H25N3O4S2. The van der Waals surface area contributed by atoms with Crippen molar-refractivity contribution in [2.24, 2.45) is 0 Å². The highest BCUT2D eigenvalue weighted by Gasteiger charge is 2.54. The maximum absolute atomic E-state index is 13.8. The van der Waals surface area contributed by atoms with Crippen molar-refractivity contribution < 1.29 is 13.2 Å². The second-order valence-corrected chi connectivity index (χ2v) is 11.4. The van der Waals surface area contributed by atoms with E-state index in [-0.39, 0.29) is 17.0 Å². The van der Waals surface area contributed by atoms with E-state index in [1.165, 1.54) is 16.2 Å². The van der Waals surface area contributed by atoms with Gasteiger partial charge in [-0.05, 0) is 55.3 Å². The number of fused-ring (bicyclic) bond motifs is 1. The maximum Gasteiger partial charge on any atom is 0.268 e. The lowest BCUT2D eigenvalue weighted by Gasteiger charge is -2.32. The van der Waals surface area contributed by atoms with Crippen molar-refractivity contribution >= 4 is 37.3 Å². The molecular weight excluding hydrogens is 434 g/mol. The van der Waals surface area contributed by atoms with E-state index in [4.69, 9.17) is 0 Å². The van der Waals surface area contributed by atoms with Gasteiger partial charge in [0, 0.05) is 7.05 Å². The first-order chi connectivity index (χ1) is 14.7. The summed E-state index contributed by atoms with van der Waals surface area (Å²) < 4.78 is 26.6. The number of aromatic nitrogens is 2. The summed E-state index contributed by atoms with van der Waals surface area (Å²) in [4.78, 5) is 34.6. The number of aryl methyl sites for hydroxylation is 2. The number of thiophene rings is 1. The number of nitrogens with zero attached hydrogens (tertiary/aromatic N) is 2. The van der Waals surface area contributed by atoms with Crippen LogP contribution >= 0.6 is 11.3 Å². The van der Waals surface area contributed by atoms with Crippen LogP contribution in [0.15, 0.2) is 39.3 Å². The molecule has 0 atom stereocenters. The monoisotopic (exact) mass is 459 g/mol. The molecule has 2 aromatic heterocycles. The third-order valence-corrected chi connectivity index (χ3v) is 9.58. The van der Waals surface area contributed by atoms with Gasteiger partial charge in [-0.15, -0.1) is 11.3 Å². The van der Waals surface area contributed by atoms with Crippen molar-refractivity contribution in [1.29, 1.82) is 0 Å². The van der Waals surface area contributed by atoms with Gasteiger partial charge in [0.2, 0.25) is 5.91 Å². The second kappa shape index (κ2) is 7.87. The molecule has 0 spiro atoms. The van der Waals surface area contributed by atoms with Crippen LogP contribution in [0, 0.1) is 13.8 Å². The molecule has 1 aromatic carbocycles. The number of H-pyrrole nitrogens is 1. The quantitative estimate of drug-likeness (QED) is 0.631. The molecule has 9 heteroatoms. The van der Waals surface area contributed by atoms with Gasteiger partial charge in [0.1, 0.15) is 10.5 Å². The van der Waals surface area contributed by atoms with E-state index < -0.39 is 20.5 Å². The van der Waals surface area contributed by atoms with Crippen LogP contribution in [0.5, 0.6) is 0 Å². The Morgan fingerprint density at radius 1 is 1.23 bits per heavy atom. The molecule has 2 heterocycles. The molecule has 1 aliphatic rings. The van der Waals surface area contributed by atoms with Gasteiger partial charge in [0.05, 0.1) is 17.0 Å². The number of amides is 1. The topological polar surface area (TPSA) is 100 Å². The molecule has 0 saturated heterocycles. The number of carbonyl (C=O) groups excluding carboxylic acids is 1. The molecule has 0 radical (unpaired) electrons. The summed E-state index contributed by atoms with van der Waals surface area (Å²) in [6, 6.07) is 7.06. The van der Waals surface area contributed by atoms with Crippen molar-refractivity contribution in [3.63, 3.8) is 0 Å². The van der Waals surface area contributed by atoms with Gasteiger partial charge in [-0.2, -0.15) is 0 Å². The fourth-order valence-corrected chi connectivity index (χ4v) is 7.58. The summed E-state index contributed by atoms with van der Waals surface area (Å²) in [5.74, 6) is -0.108. The molecule has 1 fully saturated rings. The number of nitrogens with one attached hydrogen (secondary N) is 1. The fraction of sp³-hybridized carbons (Fsp3) is 0.409. The van der Waals surface area contributed by atoms with E-state index in [2.05, 4.69) is 9.97 Å². The highest BCUT2D eigenvalue weighted by Crippen LogP contribution is 2.43. The molecule has 3 aromatic rings. The molecule has 7 nitrogen and oxygen atoms in total. The first-order valence-electron chi connectivity index (χ1n) is 10.2. The standard InChI is InChI=1S/C22H25N3O4S2/c1-14-6-7-15(2)17(12-14)31(28,29)22(9-4-5-10-22)21(27)25(3)13-18-23-16-8-11-30-19(16)20(26)24-18/h6-8,11-12H,4-5,9-10,13H2,1-3H3,(H,23,24,26). The van der Waals surface area contributed by atoms with Crippen LogP contribution in [0.2, 0.25) is 0 Å². The normalized spacial score (nSPS) is 16.0. The summed E-state index contributed by atoms with van der Waals surface area (Å²) in [6.07, 6.45) is 1.94. The van der Waals surface area contributed by atoms with Crippen molar-refractivity contribution in [3.8, 4) is 0 Å². The molecule has 1 amide bonds. The van der Waals surface area contributed by atoms with Crippen molar-refractivity contribution in [2.75, 3.05) is 7.05 Å². The summed E-state index contributed by atoms with van der Waals surface area (Å²) in [6.45, 7) is 3.63. The van der Waals surface area contributed by atoms with Gasteiger partial charge >= 0.3 is 0 Å². The molecule has 1 aliphatic carbocycles. The van der Waals surface area contributed by atoms with Crippen LogP contribution in [0.1, 0.15) is 42.6 Å². The minimum atomic E-state index is -3.91. The smallest absolute Gasteiger partial charge is 0.268 e. The molecule has 31 heavy (non-hydrogen) atoms. The summed E-state index contributed by atoms with van der Waals surface area (Å²) in [5, 5.41) is 1.79. The van der Waals surface area contributed by atoms with E-state index in [9.17, 15) is 18.0 Å². The molecule has 1 N–H and O–H groups in total. The highest BCUT2D eigenvalue weighted by molar-refractivity contribution is 7.93. The number of carbonyl (C=O) groups is 1. The Morgan fingerprint density at radius 3 is 2.65 bits per heavy atom. The number of sulfone groups is 1. The number of aromatic amines is 1. The van der Waals surface area contributed by atoms with Crippen LogP contribution in [-0.2, 0) is 21.2 Å². The van der Waals surface area contributed by atoms with E-state index in [0.717, 1.165) is 5.56 Å². The van der Waals surface area contributed by atoms with Crippen LogP contribution in [0.3, 0.4) is 0 Å². The lowest BCUT2D eigenvalue weighted by atomic mass is 10.1. The molecule has 0 unspecified atom stereocenters. The van der Waals surface area contributed by atoms with E-state index in [1.807, 2.05) is 13.0 Å². The molecule has 164 valence electrons. The Hall–Kier alpha value is -2.52. The molecule has 1 saturated carbocycles. The predicted molar refractivity (Wildman–Crippen MR) is 121 cm³/mol. The van der Waals surface area contributed by atoms with Crippen molar-refractivity contribution in [2.45, 2.75) is 55.7 Å². The number of benzene rings is 1. The van der Waals surface area contributed by atoms with E-state index >= 15 is 0 Å². The maximum atomic E-state index is 13.8. The zero-order valence-corrected chi connectivity index (χ0v) is 19.4. The molecule has 0 aliphatic heterocycles. The number of hydrogen-bond acceptors (Lipinski definition) is 6. The lowest BCUT2D eigenvalue weighted by Crippen LogP contribution is -2.51. The first kappa shape index (κ1) is 21.7. The van der Waals surface area contributed by atoms with Gasteiger partial charge in [0.25, 0.3) is 5.56 Å². The van der Waals surface area contributed by atoms with Crippen LogP contribution in [0.4, 0.5) is 0 Å². The Labute approximate surface area is 185 Å². The molecule has 4 rings (SSSR count). The van der Waals surface area contributed by atoms with Gasteiger partial charge < -0.3 is 9.88 Å². The largest absolute Gasteiger partial charge is 0.337 e. The predicted octanol–water partition coefficient (Wildman–Crippen LogP) is 3.35. The first-order valence-corrected chi connectivity index (χ1v) is 12.6. The summed E-state index contributed by atoms with van der Waals surface area (Å²) >= 11 is 1.30. The van der Waals surface area contributed by atoms with E-state index in [1.54, 1.807) is 37.6 Å². The van der Waals surface area contributed by atoms with Crippen LogP contribution < -0.4 is 5.56 Å². The highest BCUT2D eigenvalue weighted by atomic mass is 32.2. The Balaban J connectivity index is 1.70. The van der Waals surface area contributed by atoms with Gasteiger partial charge in [-0.25, -0.2) is 13.4 Å². The average Bonchev–Trinajstić information content (AvgIpc) is 3.39. The third-order valence-electron chi connectivity index (χ3n) is 6.05. The fourth-order valence-electron chi connectivity index (χ4n) is 4.39. The minimum Gasteiger partial charge on any atom is -0.337 e. The number of hydrogen-bond donors (Lipinski definition) is 1. The Kier molecular flexibility index (Phi) is 5.51. The second-order valence-electron chi connectivity index (χ2n) is 8.28. The van der Waals surface area contributed by atoms with Crippen molar-refractivity contribution in [3.05, 3.63) is 57.0 Å². The number of rotatable bonds is 5. The lowest BCUT2D eigenvalue weighted by molar-refractivity contribution is -0.133.